The molecule has 2 aromatic carbocycles. The van der Waals surface area contributed by atoms with E-state index in [1.165, 1.54) is 6.07 Å². The number of aromatic carboxylic acids is 1. The van der Waals surface area contributed by atoms with Crippen LogP contribution in [0.4, 0.5) is 5.69 Å². The highest BCUT2D eigenvalue weighted by Crippen LogP contribution is 2.49. The van der Waals surface area contributed by atoms with E-state index in [4.69, 9.17) is 4.74 Å². The predicted molar refractivity (Wildman–Crippen MR) is 90.6 cm³/mol. The van der Waals surface area contributed by atoms with Crippen LogP contribution in [-0.4, -0.2) is 24.1 Å². The summed E-state index contributed by atoms with van der Waals surface area (Å²) in [6.45, 7) is 1.97. The zero-order chi connectivity index (χ0) is 17.3. The largest absolute Gasteiger partial charge is 0.496 e. The molecule has 24 heavy (non-hydrogen) atoms. The van der Waals surface area contributed by atoms with Crippen LogP contribution in [0.2, 0.25) is 0 Å². The molecule has 2 aromatic rings. The third-order valence-electron chi connectivity index (χ3n) is 4.40. The summed E-state index contributed by atoms with van der Waals surface area (Å²) in [6, 6.07) is 12.4. The summed E-state index contributed by atoms with van der Waals surface area (Å²) in [5.41, 5.74) is 2.56. The number of hydrogen-bond donors (Lipinski definition) is 2. The Bertz CT molecular complexity index is 800. The van der Waals surface area contributed by atoms with Gasteiger partial charge in [0.05, 0.1) is 18.4 Å². The third kappa shape index (κ3) is 3.11. The minimum absolute atomic E-state index is 0.0973. The predicted octanol–water partition coefficient (Wildman–Crippen LogP) is 3.44. The van der Waals surface area contributed by atoms with E-state index in [0.717, 1.165) is 23.3 Å². The number of anilines is 1. The molecule has 3 rings (SSSR count). The number of amides is 1. The number of para-hydroxylation sites is 1. The van der Waals surface area contributed by atoms with Crippen LogP contribution < -0.4 is 10.1 Å². The van der Waals surface area contributed by atoms with Crippen molar-refractivity contribution in [1.82, 2.24) is 0 Å². The van der Waals surface area contributed by atoms with Crippen LogP contribution in [-0.2, 0) is 4.79 Å². The Hall–Kier alpha value is -2.82. The highest BCUT2D eigenvalue weighted by Gasteiger charge is 2.44. The van der Waals surface area contributed by atoms with Crippen molar-refractivity contribution in [3.05, 3.63) is 59.2 Å². The van der Waals surface area contributed by atoms with Crippen LogP contribution in [0.25, 0.3) is 0 Å². The number of carboxylic acid groups (broad SMARTS) is 1. The van der Waals surface area contributed by atoms with Gasteiger partial charge in [0.2, 0.25) is 5.91 Å². The van der Waals surface area contributed by atoms with Crippen molar-refractivity contribution in [2.45, 2.75) is 19.3 Å². The molecule has 2 N–H and O–H groups in total. The molecule has 1 saturated carbocycles. The summed E-state index contributed by atoms with van der Waals surface area (Å²) >= 11 is 0. The molecule has 0 saturated heterocycles. The van der Waals surface area contributed by atoms with Gasteiger partial charge in [-0.1, -0.05) is 24.3 Å². The van der Waals surface area contributed by atoms with Crippen molar-refractivity contribution in [3.63, 3.8) is 0 Å². The molecule has 5 heteroatoms. The van der Waals surface area contributed by atoms with Gasteiger partial charge in [-0.15, -0.1) is 0 Å². The molecule has 5 nitrogen and oxygen atoms in total. The smallest absolute Gasteiger partial charge is 0.337 e. The number of nitrogens with one attached hydrogen (secondary N) is 1. The Labute approximate surface area is 140 Å². The first-order chi connectivity index (χ1) is 11.5. The third-order valence-corrected chi connectivity index (χ3v) is 4.40. The second kappa shape index (κ2) is 6.35. The molecule has 2 atom stereocenters. The average molecular weight is 325 g/mol. The summed E-state index contributed by atoms with van der Waals surface area (Å²) in [5, 5.41) is 11.9. The van der Waals surface area contributed by atoms with E-state index in [1.54, 1.807) is 25.3 Å². The van der Waals surface area contributed by atoms with Crippen LogP contribution in [0.3, 0.4) is 0 Å². The first kappa shape index (κ1) is 16.1. The molecule has 1 fully saturated rings. The summed E-state index contributed by atoms with van der Waals surface area (Å²) in [6.07, 6.45) is 0.757. The maximum absolute atomic E-state index is 12.4. The van der Waals surface area contributed by atoms with Crippen molar-refractivity contribution in [3.8, 4) is 5.75 Å². The molecular weight excluding hydrogens is 306 g/mol. The van der Waals surface area contributed by atoms with Gasteiger partial charge in [-0.25, -0.2) is 4.79 Å². The van der Waals surface area contributed by atoms with Gasteiger partial charge < -0.3 is 15.2 Å². The zero-order valence-corrected chi connectivity index (χ0v) is 13.6. The van der Waals surface area contributed by atoms with E-state index in [9.17, 15) is 14.7 Å². The molecular formula is C19H19NO4. The SMILES string of the molecule is COc1cc(C2CC2C(=O)Nc2ccccc2C(=O)O)ccc1C. The van der Waals surface area contributed by atoms with E-state index < -0.39 is 5.97 Å². The van der Waals surface area contributed by atoms with E-state index in [0.29, 0.717) is 5.69 Å². The summed E-state index contributed by atoms with van der Waals surface area (Å²) in [4.78, 5) is 23.6. The molecule has 1 aliphatic carbocycles. The Kier molecular flexibility index (Phi) is 4.25. The molecule has 124 valence electrons. The number of hydrogen-bond acceptors (Lipinski definition) is 3. The molecule has 0 aromatic heterocycles. The van der Waals surface area contributed by atoms with Gasteiger partial charge in [-0.05, 0) is 48.6 Å². The van der Waals surface area contributed by atoms with Crippen molar-refractivity contribution < 1.29 is 19.4 Å². The molecule has 0 bridgehead atoms. The normalized spacial score (nSPS) is 18.8. The lowest BCUT2D eigenvalue weighted by Crippen LogP contribution is -2.17. The van der Waals surface area contributed by atoms with Crippen molar-refractivity contribution in [2.24, 2.45) is 5.92 Å². The van der Waals surface area contributed by atoms with Crippen LogP contribution >= 0.6 is 0 Å². The number of carboxylic acids is 1. The van der Waals surface area contributed by atoms with Gasteiger partial charge >= 0.3 is 5.97 Å². The lowest BCUT2D eigenvalue weighted by atomic mass is 10.1. The number of methoxy groups -OCH3 is 1. The summed E-state index contributed by atoms with van der Waals surface area (Å²) in [5.74, 6) is -0.375. The molecule has 1 amide bonds. The first-order valence-electron chi connectivity index (χ1n) is 7.79. The molecule has 0 spiro atoms. The van der Waals surface area contributed by atoms with Gasteiger partial charge in [-0.3, -0.25) is 4.79 Å². The monoisotopic (exact) mass is 325 g/mol. The molecule has 2 unspecified atom stereocenters. The van der Waals surface area contributed by atoms with Crippen LogP contribution in [0.5, 0.6) is 5.75 Å². The Morgan fingerprint density at radius 1 is 1.21 bits per heavy atom. The van der Waals surface area contributed by atoms with Crippen molar-refractivity contribution >= 4 is 17.6 Å². The van der Waals surface area contributed by atoms with Crippen LogP contribution in [0.1, 0.15) is 33.8 Å². The Balaban J connectivity index is 1.72. The van der Waals surface area contributed by atoms with E-state index >= 15 is 0 Å². The molecule has 1 aliphatic rings. The quantitative estimate of drug-likeness (QED) is 0.883. The number of carbonyl (C=O) groups excluding carboxylic acids is 1. The van der Waals surface area contributed by atoms with E-state index in [1.807, 2.05) is 25.1 Å². The van der Waals surface area contributed by atoms with E-state index in [2.05, 4.69) is 5.32 Å². The van der Waals surface area contributed by atoms with Crippen LogP contribution in [0.15, 0.2) is 42.5 Å². The summed E-state index contributed by atoms with van der Waals surface area (Å²) in [7, 11) is 1.63. The highest BCUT2D eigenvalue weighted by molar-refractivity contribution is 6.02. The van der Waals surface area contributed by atoms with Crippen molar-refractivity contribution in [1.29, 1.82) is 0 Å². The molecule has 0 aliphatic heterocycles. The fourth-order valence-electron chi connectivity index (χ4n) is 2.92. The topological polar surface area (TPSA) is 75.6 Å². The zero-order valence-electron chi connectivity index (χ0n) is 13.6. The molecule has 0 heterocycles. The maximum atomic E-state index is 12.4. The lowest BCUT2D eigenvalue weighted by Gasteiger charge is -2.09. The van der Waals surface area contributed by atoms with Gasteiger partial charge in [0.15, 0.2) is 0 Å². The number of benzene rings is 2. The van der Waals surface area contributed by atoms with Gasteiger partial charge in [-0.2, -0.15) is 0 Å². The van der Waals surface area contributed by atoms with Crippen LogP contribution in [0, 0.1) is 12.8 Å². The van der Waals surface area contributed by atoms with Gasteiger partial charge in [0.1, 0.15) is 5.75 Å². The second-order valence-corrected chi connectivity index (χ2v) is 6.02. The minimum Gasteiger partial charge on any atom is -0.496 e. The summed E-state index contributed by atoms with van der Waals surface area (Å²) < 4.78 is 5.33. The standard InChI is InChI=1S/C19H19NO4/c1-11-7-8-12(9-17(11)24-2)14-10-15(14)18(21)20-16-6-4-3-5-13(16)19(22)23/h3-9,14-15H,10H2,1-2H3,(H,20,21)(H,22,23). The van der Waals surface area contributed by atoms with Gasteiger partial charge in [0, 0.05) is 5.92 Å². The minimum atomic E-state index is -1.05. The number of aryl methyl sites for hydroxylation is 1. The number of ether oxygens (including phenoxy) is 1. The Morgan fingerprint density at radius 2 is 1.96 bits per heavy atom. The number of carbonyl (C=O) groups is 2. The average Bonchev–Trinajstić information content (AvgIpc) is 3.36. The first-order valence-corrected chi connectivity index (χ1v) is 7.79. The highest BCUT2D eigenvalue weighted by atomic mass is 16.5. The Morgan fingerprint density at radius 3 is 2.67 bits per heavy atom. The fraction of sp³-hybridized carbons (Fsp3) is 0.263. The fourth-order valence-corrected chi connectivity index (χ4v) is 2.92. The van der Waals surface area contributed by atoms with E-state index in [-0.39, 0.29) is 23.3 Å². The van der Waals surface area contributed by atoms with Crippen molar-refractivity contribution in [2.75, 3.05) is 12.4 Å². The molecule has 0 radical (unpaired) electrons. The second-order valence-electron chi connectivity index (χ2n) is 6.02. The maximum Gasteiger partial charge on any atom is 0.337 e. The van der Waals surface area contributed by atoms with Gasteiger partial charge in [0.25, 0.3) is 0 Å². The number of rotatable bonds is 5. The lowest BCUT2D eigenvalue weighted by molar-refractivity contribution is -0.117.